The number of aryl methyl sites for hydroxylation is 1. The Morgan fingerprint density at radius 2 is 1.44 bits per heavy atom. The number of carbonyl (C=O) groups excluding carboxylic acids is 1. The quantitative estimate of drug-likeness (QED) is 0.165. The Labute approximate surface area is 214 Å². The molecule has 0 atom stereocenters. The molecule has 4 nitrogen and oxygen atoms in total. The monoisotopic (exact) mass is 494 g/mol. The van der Waals surface area contributed by atoms with E-state index in [0.717, 1.165) is 88.7 Å². The normalized spacial score (nSPS) is 11.2. The fraction of sp³-hybridized carbons (Fsp3) is 0.759. The number of amides is 1. The predicted molar refractivity (Wildman–Crippen MR) is 147 cm³/mol. The zero-order valence-electron chi connectivity index (χ0n) is 22.1. The second-order valence-electron chi connectivity index (χ2n) is 9.56. The summed E-state index contributed by atoms with van der Waals surface area (Å²) in [5.41, 5.74) is 1.88. The Morgan fingerprint density at radius 1 is 0.824 bits per heavy atom. The number of carbonyl (C=O) groups is 1. The lowest BCUT2D eigenvalue weighted by Gasteiger charge is -2.24. The van der Waals surface area contributed by atoms with Crippen molar-refractivity contribution in [2.24, 2.45) is 0 Å². The number of aliphatic hydroxyl groups is 1. The minimum atomic E-state index is 0.134. The van der Waals surface area contributed by atoms with Gasteiger partial charge in [-0.15, -0.1) is 0 Å². The summed E-state index contributed by atoms with van der Waals surface area (Å²) >= 11 is 6.29. The molecule has 5 heteroatoms. The highest BCUT2D eigenvalue weighted by Gasteiger charge is 2.19. The van der Waals surface area contributed by atoms with E-state index in [1.807, 2.05) is 18.2 Å². The summed E-state index contributed by atoms with van der Waals surface area (Å²) in [6.07, 6.45) is 16.9. The third-order valence-electron chi connectivity index (χ3n) is 6.46. The highest BCUT2D eigenvalue weighted by Crippen LogP contribution is 2.21. The van der Waals surface area contributed by atoms with Gasteiger partial charge in [0.15, 0.2) is 0 Å². The van der Waals surface area contributed by atoms with Gasteiger partial charge < -0.3 is 15.3 Å². The van der Waals surface area contributed by atoms with E-state index in [-0.39, 0.29) is 12.5 Å². The summed E-state index contributed by atoms with van der Waals surface area (Å²) in [6, 6.07) is 5.78. The van der Waals surface area contributed by atoms with E-state index in [2.05, 4.69) is 24.1 Å². The van der Waals surface area contributed by atoms with Crippen LogP contribution in [0.25, 0.3) is 0 Å². The fourth-order valence-corrected chi connectivity index (χ4v) is 4.46. The van der Waals surface area contributed by atoms with Crippen molar-refractivity contribution in [2.45, 2.75) is 110 Å². The third kappa shape index (κ3) is 14.3. The number of rotatable bonds is 22. The first-order valence-electron chi connectivity index (χ1n) is 14.0. The van der Waals surface area contributed by atoms with Gasteiger partial charge in [0.25, 0.3) is 5.91 Å². The number of aliphatic hydroxyl groups excluding tert-OH is 1. The summed E-state index contributed by atoms with van der Waals surface area (Å²) in [7, 11) is 0. The molecule has 0 saturated heterocycles. The van der Waals surface area contributed by atoms with Gasteiger partial charge in [-0.1, -0.05) is 82.9 Å². The topological polar surface area (TPSA) is 52.6 Å². The van der Waals surface area contributed by atoms with E-state index >= 15 is 0 Å². The number of nitrogens with one attached hydrogen (secondary N) is 1. The Bertz CT molecular complexity index is 639. The van der Waals surface area contributed by atoms with Crippen LogP contribution in [0.3, 0.4) is 0 Å². The molecule has 0 aliphatic carbocycles. The standard InChI is InChI=1S/C29H51ClN2O2/c1-3-5-7-13-20-31-21-14-9-10-15-23-32(22-6-4-2)29(34)28-25-27(30)19-18-26(28)17-12-8-11-16-24-33/h18-19,25,31,33H,3-17,20-24H2,1-2H3. The number of nitrogens with zero attached hydrogens (tertiary/aromatic N) is 1. The van der Waals surface area contributed by atoms with Crippen molar-refractivity contribution in [2.75, 3.05) is 32.8 Å². The maximum absolute atomic E-state index is 13.5. The molecule has 0 saturated carbocycles. The molecule has 0 aromatic heterocycles. The minimum Gasteiger partial charge on any atom is -0.396 e. The molecule has 0 aliphatic rings. The first-order chi connectivity index (χ1) is 16.6. The van der Waals surface area contributed by atoms with Crippen LogP contribution < -0.4 is 5.32 Å². The van der Waals surface area contributed by atoms with Crippen molar-refractivity contribution in [1.82, 2.24) is 10.2 Å². The second kappa shape index (κ2) is 21.2. The smallest absolute Gasteiger partial charge is 0.254 e. The van der Waals surface area contributed by atoms with Crippen LogP contribution in [0.1, 0.15) is 120 Å². The van der Waals surface area contributed by atoms with Crippen LogP contribution in [0, 0.1) is 0 Å². The summed E-state index contributed by atoms with van der Waals surface area (Å²) in [4.78, 5) is 15.5. The highest BCUT2D eigenvalue weighted by molar-refractivity contribution is 6.31. The van der Waals surface area contributed by atoms with E-state index in [1.54, 1.807) is 0 Å². The number of unbranched alkanes of at least 4 members (excludes halogenated alkanes) is 10. The third-order valence-corrected chi connectivity index (χ3v) is 6.70. The molecule has 196 valence electrons. The van der Waals surface area contributed by atoms with Crippen LogP contribution in [0.2, 0.25) is 5.02 Å². The molecular formula is C29H51ClN2O2. The molecular weight excluding hydrogens is 444 g/mol. The van der Waals surface area contributed by atoms with E-state index in [0.29, 0.717) is 5.02 Å². The van der Waals surface area contributed by atoms with Crippen molar-refractivity contribution in [3.63, 3.8) is 0 Å². The minimum absolute atomic E-state index is 0.134. The van der Waals surface area contributed by atoms with Crippen LogP contribution >= 0.6 is 11.6 Å². The van der Waals surface area contributed by atoms with Crippen molar-refractivity contribution >= 4 is 17.5 Å². The van der Waals surface area contributed by atoms with Crippen LogP contribution in [-0.2, 0) is 6.42 Å². The predicted octanol–water partition coefficient (Wildman–Crippen LogP) is 7.41. The van der Waals surface area contributed by atoms with Crippen LogP contribution in [-0.4, -0.2) is 48.7 Å². The largest absolute Gasteiger partial charge is 0.396 e. The lowest BCUT2D eigenvalue weighted by molar-refractivity contribution is 0.0749. The average Bonchev–Trinajstić information content (AvgIpc) is 2.84. The number of hydrogen-bond acceptors (Lipinski definition) is 3. The first kappa shape index (κ1) is 30.9. The Hall–Kier alpha value is -1.10. The summed E-state index contributed by atoms with van der Waals surface area (Å²) < 4.78 is 0. The van der Waals surface area contributed by atoms with E-state index < -0.39 is 0 Å². The van der Waals surface area contributed by atoms with Gasteiger partial charge in [-0.05, 0) is 75.7 Å². The zero-order valence-corrected chi connectivity index (χ0v) is 22.8. The van der Waals surface area contributed by atoms with E-state index in [1.165, 1.54) is 44.9 Å². The molecule has 1 amide bonds. The van der Waals surface area contributed by atoms with Crippen LogP contribution in [0.5, 0.6) is 0 Å². The SMILES string of the molecule is CCCCCCNCCCCCCN(CCCC)C(=O)c1cc(Cl)ccc1CCCCCCO. The summed E-state index contributed by atoms with van der Waals surface area (Å²) in [6.45, 7) is 8.57. The van der Waals surface area contributed by atoms with Gasteiger partial charge in [0.05, 0.1) is 0 Å². The number of benzene rings is 1. The molecule has 1 aromatic carbocycles. The molecule has 34 heavy (non-hydrogen) atoms. The molecule has 0 unspecified atom stereocenters. The molecule has 0 bridgehead atoms. The van der Waals surface area contributed by atoms with Gasteiger partial charge in [0, 0.05) is 30.3 Å². The Morgan fingerprint density at radius 3 is 2.15 bits per heavy atom. The van der Waals surface area contributed by atoms with Gasteiger partial charge in [0.2, 0.25) is 0 Å². The first-order valence-corrected chi connectivity index (χ1v) is 14.4. The van der Waals surface area contributed by atoms with Crippen molar-refractivity contribution < 1.29 is 9.90 Å². The lowest BCUT2D eigenvalue weighted by Crippen LogP contribution is -2.33. The van der Waals surface area contributed by atoms with Crippen LogP contribution in [0.15, 0.2) is 18.2 Å². The van der Waals surface area contributed by atoms with Crippen molar-refractivity contribution in [3.05, 3.63) is 34.3 Å². The molecule has 0 aliphatic heterocycles. The second-order valence-corrected chi connectivity index (χ2v) is 10.00. The summed E-state index contributed by atoms with van der Waals surface area (Å²) in [5, 5.41) is 13.2. The Kier molecular flexibility index (Phi) is 19.3. The molecule has 2 N–H and O–H groups in total. The summed E-state index contributed by atoms with van der Waals surface area (Å²) in [5.74, 6) is 0.134. The van der Waals surface area contributed by atoms with Crippen molar-refractivity contribution in [1.29, 1.82) is 0 Å². The molecule has 0 fully saturated rings. The molecule has 0 spiro atoms. The van der Waals surface area contributed by atoms with Gasteiger partial charge in [-0.2, -0.15) is 0 Å². The number of hydrogen-bond donors (Lipinski definition) is 2. The van der Waals surface area contributed by atoms with Gasteiger partial charge in [0.1, 0.15) is 0 Å². The molecule has 0 heterocycles. The Balaban J connectivity index is 2.49. The van der Waals surface area contributed by atoms with E-state index in [9.17, 15) is 4.79 Å². The molecule has 0 radical (unpaired) electrons. The maximum Gasteiger partial charge on any atom is 0.254 e. The van der Waals surface area contributed by atoms with Gasteiger partial charge in [-0.3, -0.25) is 4.79 Å². The zero-order chi connectivity index (χ0) is 24.9. The highest BCUT2D eigenvalue weighted by atomic mass is 35.5. The maximum atomic E-state index is 13.5. The van der Waals surface area contributed by atoms with Gasteiger partial charge >= 0.3 is 0 Å². The fourth-order valence-electron chi connectivity index (χ4n) is 4.29. The molecule has 1 aromatic rings. The number of halogens is 1. The van der Waals surface area contributed by atoms with Gasteiger partial charge in [-0.25, -0.2) is 0 Å². The van der Waals surface area contributed by atoms with Crippen molar-refractivity contribution in [3.8, 4) is 0 Å². The van der Waals surface area contributed by atoms with E-state index in [4.69, 9.17) is 16.7 Å². The van der Waals surface area contributed by atoms with Crippen LogP contribution in [0.4, 0.5) is 0 Å². The lowest BCUT2D eigenvalue weighted by atomic mass is 9.99. The molecule has 1 rings (SSSR count). The average molecular weight is 495 g/mol.